The molecular weight excluding hydrogens is 403 g/mol. The highest BCUT2D eigenvalue weighted by atomic mass is 32.1. The van der Waals surface area contributed by atoms with Gasteiger partial charge in [0.25, 0.3) is 0 Å². The number of aromatic nitrogens is 3. The topological polar surface area (TPSA) is 75.1 Å². The van der Waals surface area contributed by atoms with Crippen molar-refractivity contribution in [3.8, 4) is 10.4 Å². The van der Waals surface area contributed by atoms with E-state index in [-0.39, 0.29) is 18.8 Å². The minimum absolute atomic E-state index is 0.0530. The van der Waals surface area contributed by atoms with Crippen molar-refractivity contribution >= 4 is 11.3 Å². The van der Waals surface area contributed by atoms with Crippen LogP contribution in [0.5, 0.6) is 0 Å². The third-order valence-electron chi connectivity index (χ3n) is 5.44. The van der Waals surface area contributed by atoms with Gasteiger partial charge in [-0.25, -0.2) is 13.9 Å². The van der Waals surface area contributed by atoms with Crippen molar-refractivity contribution in [1.29, 1.82) is 0 Å². The van der Waals surface area contributed by atoms with Crippen LogP contribution in [0, 0.1) is 0 Å². The Kier molecular flexibility index (Phi) is 6.56. The number of ether oxygens (including phenoxy) is 1. The van der Waals surface area contributed by atoms with E-state index in [1.54, 1.807) is 11.3 Å². The lowest BCUT2D eigenvalue weighted by Crippen LogP contribution is -2.26. The maximum Gasteiger partial charge on any atom is 0.346 e. The molecule has 1 aromatic carbocycles. The van der Waals surface area contributed by atoms with E-state index in [0.29, 0.717) is 24.4 Å². The number of hydrogen-bond donors (Lipinski definition) is 1. The summed E-state index contributed by atoms with van der Waals surface area (Å²) in [6, 6.07) is 12.9. The average Bonchev–Trinajstić information content (AvgIpc) is 3.40. The first-order chi connectivity index (χ1) is 14.7. The lowest BCUT2D eigenvalue weighted by atomic mass is 9.91. The fraction of sp³-hybridized carbons (Fsp3) is 0.364. The summed E-state index contributed by atoms with van der Waals surface area (Å²) in [5, 5.41) is 4.07. The highest BCUT2D eigenvalue weighted by Gasteiger charge is 2.16. The number of thiophene rings is 1. The van der Waals surface area contributed by atoms with E-state index >= 15 is 0 Å². The molecule has 1 aliphatic heterocycles. The normalized spacial score (nSPS) is 15.6. The summed E-state index contributed by atoms with van der Waals surface area (Å²) in [6.45, 7) is 2.23. The van der Waals surface area contributed by atoms with Gasteiger partial charge in [-0.3, -0.25) is 4.57 Å². The van der Waals surface area contributed by atoms with Gasteiger partial charge in [0.2, 0.25) is 0 Å². The molecule has 1 saturated heterocycles. The van der Waals surface area contributed by atoms with Crippen LogP contribution < -0.4 is 11.4 Å². The van der Waals surface area contributed by atoms with Crippen LogP contribution in [-0.2, 0) is 17.8 Å². The van der Waals surface area contributed by atoms with Crippen LogP contribution in [0.1, 0.15) is 29.2 Å². The van der Waals surface area contributed by atoms with Crippen molar-refractivity contribution in [2.75, 3.05) is 19.8 Å². The van der Waals surface area contributed by atoms with E-state index in [9.17, 15) is 9.18 Å². The van der Waals surface area contributed by atoms with Crippen molar-refractivity contribution in [2.45, 2.75) is 31.8 Å². The molecule has 8 heteroatoms. The van der Waals surface area contributed by atoms with Gasteiger partial charge in [0, 0.05) is 29.5 Å². The number of benzene rings is 1. The summed E-state index contributed by atoms with van der Waals surface area (Å²) in [5.74, 6) is 0.585. The Morgan fingerprint density at radius 3 is 2.70 bits per heavy atom. The van der Waals surface area contributed by atoms with Crippen molar-refractivity contribution in [3.63, 3.8) is 0 Å². The Hall–Kier alpha value is -2.55. The Morgan fingerprint density at radius 2 is 2.00 bits per heavy atom. The van der Waals surface area contributed by atoms with Crippen molar-refractivity contribution < 1.29 is 9.13 Å². The lowest BCUT2D eigenvalue weighted by molar-refractivity contribution is 0.0853. The second kappa shape index (κ2) is 9.51. The predicted molar refractivity (Wildman–Crippen MR) is 116 cm³/mol. The molecule has 1 fully saturated rings. The van der Waals surface area contributed by atoms with E-state index in [0.717, 1.165) is 35.8 Å². The van der Waals surface area contributed by atoms with Crippen LogP contribution in [0.4, 0.5) is 4.39 Å². The van der Waals surface area contributed by atoms with Gasteiger partial charge in [0.05, 0.1) is 19.4 Å². The quantitative estimate of drug-likeness (QED) is 0.625. The molecule has 2 aromatic heterocycles. The number of nitrogens with zero attached hydrogens (tertiary/aromatic N) is 3. The zero-order valence-corrected chi connectivity index (χ0v) is 17.5. The van der Waals surface area contributed by atoms with Gasteiger partial charge in [0.1, 0.15) is 6.33 Å². The molecule has 0 atom stereocenters. The van der Waals surface area contributed by atoms with Gasteiger partial charge in [-0.05, 0) is 47.6 Å². The Bertz CT molecular complexity index is 1060. The number of rotatable bonds is 7. The highest BCUT2D eigenvalue weighted by molar-refractivity contribution is 7.15. The van der Waals surface area contributed by atoms with E-state index < -0.39 is 0 Å². The Labute approximate surface area is 178 Å². The smallest absolute Gasteiger partial charge is 0.346 e. The molecule has 3 aromatic rings. The zero-order valence-electron chi connectivity index (χ0n) is 16.7. The average molecular weight is 429 g/mol. The minimum atomic E-state index is -0.279. The summed E-state index contributed by atoms with van der Waals surface area (Å²) in [4.78, 5) is 14.7. The number of halogens is 1. The number of hydrogen-bond acceptors (Lipinski definition) is 5. The van der Waals surface area contributed by atoms with Crippen LogP contribution in [0.3, 0.4) is 0 Å². The summed E-state index contributed by atoms with van der Waals surface area (Å²) in [7, 11) is 0. The fourth-order valence-electron chi connectivity index (χ4n) is 3.66. The molecule has 0 amide bonds. The third-order valence-corrected chi connectivity index (χ3v) is 6.56. The van der Waals surface area contributed by atoms with Gasteiger partial charge in [-0.1, -0.05) is 24.3 Å². The first-order valence-electron chi connectivity index (χ1n) is 10.0. The molecule has 158 valence electrons. The molecule has 2 N–H and O–H groups in total. The second-order valence-corrected chi connectivity index (χ2v) is 8.61. The molecule has 0 bridgehead atoms. The van der Waals surface area contributed by atoms with Gasteiger partial charge < -0.3 is 10.5 Å². The Balaban J connectivity index is 1.44. The van der Waals surface area contributed by atoms with Crippen molar-refractivity contribution in [3.05, 3.63) is 75.6 Å². The maximum absolute atomic E-state index is 12.7. The molecule has 3 heterocycles. The molecular formula is C22H25FN4O2S. The molecule has 0 radical (unpaired) electrons. The summed E-state index contributed by atoms with van der Waals surface area (Å²) < 4.78 is 20.9. The first-order valence-corrected chi connectivity index (χ1v) is 10.9. The van der Waals surface area contributed by atoms with E-state index in [1.165, 1.54) is 26.7 Å². The molecule has 6 nitrogen and oxygen atoms in total. The second-order valence-electron chi connectivity index (χ2n) is 7.45. The van der Waals surface area contributed by atoms with Crippen LogP contribution in [-0.4, -0.2) is 34.1 Å². The molecule has 0 spiro atoms. The third kappa shape index (κ3) is 4.61. The molecule has 1 aliphatic rings. The molecule has 0 aliphatic carbocycles. The minimum Gasteiger partial charge on any atom is -0.381 e. The lowest BCUT2D eigenvalue weighted by Gasteiger charge is -2.22. The molecule has 0 saturated carbocycles. The zero-order chi connectivity index (χ0) is 20.9. The van der Waals surface area contributed by atoms with Crippen LogP contribution in [0.15, 0.2) is 59.4 Å². The van der Waals surface area contributed by atoms with Crippen molar-refractivity contribution in [1.82, 2.24) is 14.3 Å². The highest BCUT2D eigenvalue weighted by Crippen LogP contribution is 2.32. The monoisotopic (exact) mass is 428 g/mol. The summed E-state index contributed by atoms with van der Waals surface area (Å²) >= 11 is 1.65. The summed E-state index contributed by atoms with van der Waals surface area (Å²) in [5.41, 5.74) is 8.05. The van der Waals surface area contributed by atoms with E-state index in [4.69, 9.17) is 10.5 Å². The van der Waals surface area contributed by atoms with Gasteiger partial charge in [-0.15, -0.1) is 11.3 Å². The van der Waals surface area contributed by atoms with Gasteiger partial charge >= 0.3 is 5.69 Å². The molecule has 30 heavy (non-hydrogen) atoms. The first kappa shape index (κ1) is 20.7. The maximum atomic E-state index is 12.7. The van der Waals surface area contributed by atoms with E-state index in [2.05, 4.69) is 35.4 Å². The summed E-state index contributed by atoms with van der Waals surface area (Å²) in [6.07, 6.45) is 4.08. The van der Waals surface area contributed by atoms with Crippen LogP contribution >= 0.6 is 11.3 Å². The van der Waals surface area contributed by atoms with Crippen LogP contribution in [0.2, 0.25) is 0 Å². The van der Waals surface area contributed by atoms with Crippen molar-refractivity contribution in [2.24, 2.45) is 5.73 Å². The largest absolute Gasteiger partial charge is 0.381 e. The van der Waals surface area contributed by atoms with Gasteiger partial charge in [-0.2, -0.15) is 5.10 Å². The Morgan fingerprint density at radius 1 is 1.23 bits per heavy atom. The molecule has 4 rings (SSSR count). The standard InChI is InChI=1S/C22H25FN4O2S/c23-11-16(12-24)13-27-22(28)26(15-25-27)14-20-5-6-21(30-20)19-3-1-17(2-4-19)18-7-9-29-10-8-18/h1-6,11,15,18H,7-10,12-14,24H2/b16-11+. The number of nitrogens with two attached hydrogens (primary N) is 1. The molecule has 0 unspecified atom stereocenters. The SMILES string of the molecule is NC/C(=C\F)Cn1ncn(Cc2ccc(-c3ccc(C4CCOCC4)cc3)s2)c1=O. The van der Waals surface area contributed by atoms with Crippen LogP contribution in [0.25, 0.3) is 10.4 Å². The van der Waals surface area contributed by atoms with E-state index in [1.807, 2.05) is 6.07 Å². The fourth-order valence-corrected chi connectivity index (χ4v) is 4.67. The van der Waals surface area contributed by atoms with Gasteiger partial charge in [0.15, 0.2) is 0 Å². The predicted octanol–water partition coefficient (Wildman–Crippen LogP) is 3.53.